The summed E-state index contributed by atoms with van der Waals surface area (Å²) in [6.07, 6.45) is 0. The van der Waals surface area contributed by atoms with Gasteiger partial charge < -0.3 is 14.7 Å². The Morgan fingerprint density at radius 1 is 1.35 bits per heavy atom. The molecule has 0 saturated carbocycles. The second-order valence-corrected chi connectivity index (χ2v) is 5.29. The Hall–Kier alpha value is -2.37. The quantitative estimate of drug-likeness (QED) is 0.839. The van der Waals surface area contributed by atoms with Crippen LogP contribution in [-0.2, 0) is 9.59 Å². The molecule has 1 amide bonds. The monoisotopic (exact) mass is 277 g/mol. The van der Waals surface area contributed by atoms with E-state index in [9.17, 15) is 14.4 Å². The van der Waals surface area contributed by atoms with Crippen molar-refractivity contribution in [2.45, 2.75) is 13.8 Å². The molecule has 2 rings (SSSR count). The maximum absolute atomic E-state index is 12.0. The Morgan fingerprint density at radius 3 is 2.55 bits per heavy atom. The minimum Gasteiger partial charge on any atom is -0.497 e. The number of carbonyl (C=O) groups excluding carboxylic acids is 2. The number of methoxy groups -OCH3 is 1. The topological polar surface area (TPSA) is 83.9 Å². The smallest absolute Gasteiger partial charge is 0.310 e. The van der Waals surface area contributed by atoms with Gasteiger partial charge in [0.1, 0.15) is 5.75 Å². The molecule has 20 heavy (non-hydrogen) atoms. The largest absolute Gasteiger partial charge is 0.497 e. The number of aliphatic carboxylic acids is 1. The zero-order valence-electron chi connectivity index (χ0n) is 11.5. The van der Waals surface area contributed by atoms with Gasteiger partial charge in [-0.05, 0) is 32.0 Å². The van der Waals surface area contributed by atoms with Gasteiger partial charge in [0.05, 0.1) is 23.8 Å². The van der Waals surface area contributed by atoms with Crippen LogP contribution < -0.4 is 9.64 Å². The van der Waals surface area contributed by atoms with Gasteiger partial charge in [-0.15, -0.1) is 0 Å². The normalized spacial score (nSPS) is 14.4. The van der Waals surface area contributed by atoms with Crippen LogP contribution in [0.3, 0.4) is 0 Å². The molecule has 1 aliphatic heterocycles. The maximum atomic E-state index is 12.0. The summed E-state index contributed by atoms with van der Waals surface area (Å²) in [7, 11) is 1.47. The molecule has 106 valence electrons. The van der Waals surface area contributed by atoms with Gasteiger partial charge in [0.2, 0.25) is 0 Å². The minimum atomic E-state index is -1.14. The maximum Gasteiger partial charge on any atom is 0.310 e. The summed E-state index contributed by atoms with van der Waals surface area (Å²) in [5, 5.41) is 9.14. The van der Waals surface area contributed by atoms with Crippen LogP contribution in [0.1, 0.15) is 24.2 Å². The van der Waals surface area contributed by atoms with Gasteiger partial charge in [-0.1, -0.05) is 0 Å². The van der Waals surface area contributed by atoms with E-state index in [1.807, 2.05) is 0 Å². The van der Waals surface area contributed by atoms with Crippen LogP contribution in [0, 0.1) is 5.41 Å². The van der Waals surface area contributed by atoms with Crippen LogP contribution in [0.5, 0.6) is 5.75 Å². The highest BCUT2D eigenvalue weighted by atomic mass is 16.5. The van der Waals surface area contributed by atoms with E-state index in [-0.39, 0.29) is 12.1 Å². The zero-order chi connectivity index (χ0) is 15.1. The number of fused-ring (bicyclic) bond motifs is 1. The predicted octanol–water partition coefficient (Wildman–Crippen LogP) is 1.34. The molecule has 1 N–H and O–H groups in total. The van der Waals surface area contributed by atoms with Gasteiger partial charge >= 0.3 is 5.97 Å². The Bertz CT molecular complexity index is 606. The van der Waals surface area contributed by atoms with Crippen LogP contribution in [0.15, 0.2) is 18.2 Å². The van der Waals surface area contributed by atoms with Crippen molar-refractivity contribution in [2.75, 3.05) is 18.6 Å². The average Bonchev–Trinajstić information content (AvgIpc) is 2.63. The highest BCUT2D eigenvalue weighted by Gasteiger charge is 2.41. The number of ether oxygens (including phenoxy) is 1. The number of hydrogen-bond donors (Lipinski definition) is 1. The molecule has 0 spiro atoms. The lowest BCUT2D eigenvalue weighted by atomic mass is 9.93. The lowest BCUT2D eigenvalue weighted by Gasteiger charge is -2.26. The first-order chi connectivity index (χ1) is 9.27. The third-order valence-corrected chi connectivity index (χ3v) is 3.31. The molecule has 0 aromatic heterocycles. The molecule has 0 atom stereocenters. The van der Waals surface area contributed by atoms with Crippen molar-refractivity contribution in [1.82, 2.24) is 0 Å². The van der Waals surface area contributed by atoms with Gasteiger partial charge in [0, 0.05) is 6.54 Å². The lowest BCUT2D eigenvalue weighted by molar-refractivity contribution is -0.146. The van der Waals surface area contributed by atoms with Crippen LogP contribution in [0.25, 0.3) is 0 Å². The van der Waals surface area contributed by atoms with E-state index >= 15 is 0 Å². The van der Waals surface area contributed by atoms with Gasteiger partial charge in [-0.25, -0.2) is 0 Å². The van der Waals surface area contributed by atoms with Crippen LogP contribution in [-0.4, -0.2) is 36.4 Å². The third kappa shape index (κ3) is 2.13. The van der Waals surface area contributed by atoms with E-state index in [1.54, 1.807) is 12.1 Å². The van der Waals surface area contributed by atoms with E-state index in [1.165, 1.54) is 31.9 Å². The van der Waals surface area contributed by atoms with E-state index in [4.69, 9.17) is 9.84 Å². The predicted molar refractivity (Wildman–Crippen MR) is 71.1 cm³/mol. The number of benzene rings is 1. The molecule has 0 fully saturated rings. The molecule has 1 aliphatic rings. The standard InChI is InChI=1S/C14H15NO5/c1-14(2,13(18)19)7-15-10-5-4-8(20-3)6-9(10)11(16)12(15)17/h4-6H,7H2,1-3H3,(H,18,19). The average molecular weight is 277 g/mol. The van der Waals surface area contributed by atoms with E-state index in [0.29, 0.717) is 11.4 Å². The van der Waals surface area contributed by atoms with Crippen molar-refractivity contribution in [1.29, 1.82) is 0 Å². The number of carboxylic acid groups (broad SMARTS) is 1. The number of hydrogen-bond acceptors (Lipinski definition) is 4. The number of nitrogens with zero attached hydrogens (tertiary/aromatic N) is 1. The van der Waals surface area contributed by atoms with E-state index in [2.05, 4.69) is 0 Å². The van der Waals surface area contributed by atoms with Crippen LogP contribution >= 0.6 is 0 Å². The van der Waals surface area contributed by atoms with Gasteiger partial charge in [0.25, 0.3) is 11.7 Å². The summed E-state index contributed by atoms with van der Waals surface area (Å²) >= 11 is 0. The number of carboxylic acids is 1. The SMILES string of the molecule is COc1ccc2c(c1)C(=O)C(=O)N2CC(C)(C)C(=O)O. The molecular formula is C14H15NO5. The molecule has 0 unspecified atom stereocenters. The van der Waals surface area contributed by atoms with Crippen LogP contribution in [0.4, 0.5) is 5.69 Å². The summed E-state index contributed by atoms with van der Waals surface area (Å²) in [5.74, 6) is -1.90. The summed E-state index contributed by atoms with van der Waals surface area (Å²) in [5.41, 5.74) is -0.469. The molecule has 6 heteroatoms. The Kier molecular flexibility index (Phi) is 3.25. The minimum absolute atomic E-state index is 0.0633. The first-order valence-electron chi connectivity index (χ1n) is 6.05. The number of ketones is 1. The highest BCUT2D eigenvalue weighted by Crippen LogP contribution is 2.34. The van der Waals surface area contributed by atoms with Crippen molar-refractivity contribution in [2.24, 2.45) is 5.41 Å². The van der Waals surface area contributed by atoms with E-state index < -0.39 is 23.1 Å². The first-order valence-corrected chi connectivity index (χ1v) is 6.05. The van der Waals surface area contributed by atoms with Crippen molar-refractivity contribution in [3.8, 4) is 5.75 Å². The summed E-state index contributed by atoms with van der Waals surface area (Å²) in [4.78, 5) is 36.3. The number of Topliss-reactive ketones (excluding diaryl/α,β-unsaturated/α-hetero) is 1. The van der Waals surface area contributed by atoms with Crippen molar-refractivity contribution in [3.05, 3.63) is 23.8 Å². The summed E-state index contributed by atoms with van der Waals surface area (Å²) in [6, 6.07) is 4.71. The molecule has 0 radical (unpaired) electrons. The fourth-order valence-corrected chi connectivity index (χ4v) is 2.03. The molecule has 0 aliphatic carbocycles. The number of anilines is 1. The molecule has 1 aromatic rings. The molecule has 6 nitrogen and oxygen atoms in total. The molecular weight excluding hydrogens is 262 g/mol. The molecule has 0 saturated heterocycles. The summed E-state index contributed by atoms with van der Waals surface area (Å²) in [6.45, 7) is 2.95. The fraction of sp³-hybridized carbons (Fsp3) is 0.357. The second kappa shape index (κ2) is 4.63. The zero-order valence-corrected chi connectivity index (χ0v) is 11.5. The fourth-order valence-electron chi connectivity index (χ4n) is 2.03. The number of rotatable bonds is 4. The first kappa shape index (κ1) is 14.0. The molecule has 0 bridgehead atoms. The second-order valence-electron chi connectivity index (χ2n) is 5.29. The van der Waals surface area contributed by atoms with E-state index in [0.717, 1.165) is 0 Å². The third-order valence-electron chi connectivity index (χ3n) is 3.31. The highest BCUT2D eigenvalue weighted by molar-refractivity contribution is 6.52. The van der Waals surface area contributed by atoms with Crippen molar-refractivity contribution >= 4 is 23.3 Å². The van der Waals surface area contributed by atoms with Gasteiger partial charge in [-0.2, -0.15) is 0 Å². The molecule has 1 aromatic carbocycles. The van der Waals surface area contributed by atoms with Crippen LogP contribution in [0.2, 0.25) is 0 Å². The Labute approximate surface area is 115 Å². The Morgan fingerprint density at radius 2 is 2.00 bits per heavy atom. The van der Waals surface area contributed by atoms with Crippen molar-refractivity contribution in [3.63, 3.8) is 0 Å². The van der Waals surface area contributed by atoms with Gasteiger partial charge in [-0.3, -0.25) is 14.4 Å². The number of amides is 1. The molecule has 1 heterocycles. The van der Waals surface area contributed by atoms with Gasteiger partial charge in [0.15, 0.2) is 0 Å². The summed E-state index contributed by atoms with van der Waals surface area (Å²) < 4.78 is 5.02. The number of carbonyl (C=O) groups is 3. The lowest BCUT2D eigenvalue weighted by Crippen LogP contribution is -2.41. The van der Waals surface area contributed by atoms with Crippen molar-refractivity contribution < 1.29 is 24.2 Å². The Balaban J connectivity index is 2.41.